The van der Waals surface area contributed by atoms with Gasteiger partial charge < -0.3 is 10.6 Å². The molecule has 0 bridgehead atoms. The lowest BCUT2D eigenvalue weighted by molar-refractivity contribution is 0.376. The highest BCUT2D eigenvalue weighted by molar-refractivity contribution is 4.76. The molecule has 1 aliphatic rings. The Labute approximate surface area is 59.1 Å². The predicted molar refractivity (Wildman–Crippen MR) is 34.9 cm³/mol. The Kier molecular flexibility index (Phi) is 0.603. The highest BCUT2D eigenvalue weighted by atomic mass is 15.1. The first-order valence-electron chi connectivity index (χ1n) is 5.68. The number of hydrogen-bond acceptors (Lipinski definition) is 2. The largest absolute Gasteiger partial charge is 0.311 e. The van der Waals surface area contributed by atoms with Crippen LogP contribution in [-0.2, 0) is 0 Å². The van der Waals surface area contributed by atoms with Crippen LogP contribution in [0.4, 0.5) is 0 Å². The second kappa shape index (κ2) is 2.46. The molecule has 0 spiro atoms. The molecule has 0 aromatic carbocycles. The third-order valence-corrected chi connectivity index (χ3v) is 1.14. The van der Waals surface area contributed by atoms with Crippen molar-refractivity contribution in [3.63, 3.8) is 0 Å². The fraction of sp³-hybridized carbons (Fsp3) is 1.00. The van der Waals surface area contributed by atoms with E-state index in [0.717, 1.165) is 0 Å². The molecule has 0 radical (unpaired) electrons. The normalized spacial score (nSPS) is 54.0. The van der Waals surface area contributed by atoms with Gasteiger partial charge in [-0.25, -0.2) is 0 Å². The first kappa shape index (κ1) is 1.96. The quantitative estimate of drug-likeness (QED) is 0.468. The first-order valence-corrected chi connectivity index (χ1v) is 2.68. The topological polar surface area (TPSA) is 24.1 Å². The Morgan fingerprint density at radius 3 is 2.00 bits per heavy atom. The van der Waals surface area contributed by atoms with E-state index in [0.29, 0.717) is 0 Å². The zero-order valence-corrected chi connectivity index (χ0v) is 4.57. The lowest BCUT2D eigenvalue weighted by Crippen LogP contribution is -2.51. The van der Waals surface area contributed by atoms with Gasteiger partial charge in [-0.3, -0.25) is 0 Å². The van der Waals surface area contributed by atoms with Crippen molar-refractivity contribution >= 4 is 0 Å². The Hall–Kier alpha value is -0.0800. The summed E-state index contributed by atoms with van der Waals surface area (Å²) in [6.07, 6.45) is 0. The molecular weight excluding hydrogens is 100 g/mol. The Bertz CT molecular complexity index is 167. The molecule has 0 amide bonds. The van der Waals surface area contributed by atoms with Gasteiger partial charge in [-0.1, -0.05) is 0 Å². The molecule has 8 heavy (non-hydrogen) atoms. The Morgan fingerprint density at radius 2 is 1.75 bits per heavy atom. The molecule has 2 atom stereocenters. The molecule has 1 saturated heterocycles. The maximum Gasteiger partial charge on any atom is 0.0247 e. The van der Waals surface area contributed by atoms with Crippen molar-refractivity contribution in [3.8, 4) is 0 Å². The van der Waals surface area contributed by atoms with Gasteiger partial charge in [-0.2, -0.15) is 0 Å². The average Bonchev–Trinajstić information content (AvgIpc) is 2.01. The molecule has 1 fully saturated rings. The van der Waals surface area contributed by atoms with E-state index in [1.165, 1.54) is 0 Å². The predicted octanol–water partition coefficient (Wildman–Crippen LogP) is -0.0438. The van der Waals surface area contributed by atoms with Crippen molar-refractivity contribution in [1.82, 2.24) is 10.6 Å². The van der Waals surface area contributed by atoms with Gasteiger partial charge in [0.25, 0.3) is 0 Å². The Balaban J connectivity index is 2.47. The number of rotatable bonds is 0. The Morgan fingerprint density at radius 1 is 1.25 bits per heavy atom. The third kappa shape index (κ3) is 1.46. The monoisotopic (exact) mass is 120 g/mol. The van der Waals surface area contributed by atoms with Crippen LogP contribution in [0.2, 0.25) is 0 Å². The van der Waals surface area contributed by atoms with Crippen LogP contribution in [-0.4, -0.2) is 25.2 Å². The van der Waals surface area contributed by atoms with Crippen LogP contribution in [0.25, 0.3) is 0 Å². The summed E-state index contributed by atoms with van der Waals surface area (Å²) in [6, 6.07) is -1.30. The van der Waals surface area contributed by atoms with Crippen molar-refractivity contribution < 1.29 is 8.22 Å². The number of nitrogens with one attached hydrogen (secondary N) is 2. The summed E-state index contributed by atoms with van der Waals surface area (Å²) in [7, 11) is 0. The summed E-state index contributed by atoms with van der Waals surface area (Å²) in [5.74, 6) is 0. The molecule has 2 nitrogen and oxygen atoms in total. The molecule has 1 heterocycles. The molecule has 48 valence electrons. The molecule has 0 aliphatic carbocycles. The van der Waals surface area contributed by atoms with Crippen LogP contribution in [0, 0.1) is 0 Å². The maximum absolute atomic E-state index is 7.14. The summed E-state index contributed by atoms with van der Waals surface area (Å²) in [5.41, 5.74) is 0. The van der Waals surface area contributed by atoms with E-state index in [9.17, 15) is 0 Å². The standard InChI is InChI=1S/C6H14N2/c1-5-3-8-6(2)4-7-5/h5-8H,3-4H2,1-2H3/i1D3,2D3. The zero-order valence-electron chi connectivity index (χ0n) is 10.6. The van der Waals surface area contributed by atoms with Gasteiger partial charge >= 0.3 is 0 Å². The molecule has 1 rings (SSSR count). The second-order valence-electron chi connectivity index (χ2n) is 1.92. The highest BCUT2D eigenvalue weighted by Crippen LogP contribution is 1.89. The molecule has 0 aromatic heterocycles. The molecule has 0 saturated carbocycles. The number of hydrogen-bond donors (Lipinski definition) is 2. The molecule has 2 N–H and O–H groups in total. The van der Waals surface area contributed by atoms with Gasteiger partial charge in [0.1, 0.15) is 0 Å². The maximum atomic E-state index is 7.14. The minimum absolute atomic E-state index is 0.166. The minimum atomic E-state index is -2.08. The van der Waals surface area contributed by atoms with Crippen LogP contribution in [0.15, 0.2) is 0 Å². The van der Waals surface area contributed by atoms with Gasteiger partial charge in [0.05, 0.1) is 0 Å². The van der Waals surface area contributed by atoms with Crippen LogP contribution < -0.4 is 10.6 Å². The SMILES string of the molecule is [2H]C([2H])([2H])C1CNC(C([2H])([2H])[2H])CN1. The fourth-order valence-corrected chi connectivity index (χ4v) is 0.665. The van der Waals surface area contributed by atoms with Gasteiger partial charge in [-0.05, 0) is 13.7 Å². The summed E-state index contributed by atoms with van der Waals surface area (Å²) in [6.45, 7) is -3.82. The van der Waals surface area contributed by atoms with Crippen molar-refractivity contribution in [2.75, 3.05) is 13.1 Å². The molecule has 1 aliphatic heterocycles. The molecule has 2 heteroatoms. The van der Waals surface area contributed by atoms with E-state index < -0.39 is 25.8 Å². The third-order valence-electron chi connectivity index (χ3n) is 1.14. The lowest BCUT2D eigenvalue weighted by Gasteiger charge is -2.26. The smallest absolute Gasteiger partial charge is 0.0247 e. The molecule has 2 unspecified atom stereocenters. The average molecular weight is 120 g/mol. The summed E-state index contributed by atoms with van der Waals surface area (Å²) >= 11 is 0. The highest BCUT2D eigenvalue weighted by Gasteiger charge is 2.10. The van der Waals surface area contributed by atoms with Gasteiger partial charge in [0.15, 0.2) is 0 Å². The van der Waals surface area contributed by atoms with E-state index in [1.807, 2.05) is 0 Å². The van der Waals surface area contributed by atoms with Crippen LogP contribution in [0.3, 0.4) is 0 Å². The van der Waals surface area contributed by atoms with Crippen LogP contribution in [0.5, 0.6) is 0 Å². The first-order chi connectivity index (χ1) is 6.21. The van der Waals surface area contributed by atoms with Gasteiger partial charge in [0.2, 0.25) is 0 Å². The van der Waals surface area contributed by atoms with E-state index in [1.54, 1.807) is 0 Å². The second-order valence-corrected chi connectivity index (χ2v) is 1.92. The van der Waals surface area contributed by atoms with E-state index in [-0.39, 0.29) is 13.1 Å². The van der Waals surface area contributed by atoms with E-state index in [4.69, 9.17) is 8.22 Å². The van der Waals surface area contributed by atoms with Crippen LogP contribution in [0.1, 0.15) is 21.9 Å². The zero-order chi connectivity index (χ0) is 11.0. The minimum Gasteiger partial charge on any atom is -0.311 e. The summed E-state index contributed by atoms with van der Waals surface area (Å²) in [4.78, 5) is 0. The summed E-state index contributed by atoms with van der Waals surface area (Å²) < 4.78 is 42.8. The van der Waals surface area contributed by atoms with Gasteiger partial charge in [-0.15, -0.1) is 0 Å². The molecular formula is C6H14N2. The van der Waals surface area contributed by atoms with Crippen molar-refractivity contribution in [3.05, 3.63) is 0 Å². The van der Waals surface area contributed by atoms with Gasteiger partial charge in [0, 0.05) is 33.4 Å². The van der Waals surface area contributed by atoms with Crippen molar-refractivity contribution in [2.45, 2.75) is 25.8 Å². The molecule has 0 aromatic rings. The van der Waals surface area contributed by atoms with Crippen molar-refractivity contribution in [2.24, 2.45) is 0 Å². The van der Waals surface area contributed by atoms with Crippen molar-refractivity contribution in [1.29, 1.82) is 0 Å². The van der Waals surface area contributed by atoms with E-state index >= 15 is 0 Å². The lowest BCUT2D eigenvalue weighted by atomic mass is 10.2. The fourth-order valence-electron chi connectivity index (χ4n) is 0.665. The van der Waals surface area contributed by atoms with E-state index in [2.05, 4.69) is 10.6 Å². The van der Waals surface area contributed by atoms with Crippen LogP contribution >= 0.6 is 0 Å². The number of piperazine rings is 1. The summed E-state index contributed by atoms with van der Waals surface area (Å²) in [5, 5.41) is 5.46.